The molecule has 13 atom stereocenters. The Labute approximate surface area is 200 Å². The van der Waals surface area contributed by atoms with E-state index < -0.39 is 23.2 Å². The fraction of sp³-hybridized carbons (Fsp3) is 0.897. The van der Waals surface area contributed by atoms with Gasteiger partial charge in [-0.15, -0.1) is 0 Å². The van der Waals surface area contributed by atoms with Gasteiger partial charge in [0.15, 0.2) is 5.78 Å². The van der Waals surface area contributed by atoms with Gasteiger partial charge in [-0.05, 0) is 104 Å². The van der Waals surface area contributed by atoms with Crippen LogP contribution in [0.25, 0.3) is 0 Å². The molecule has 0 amide bonds. The van der Waals surface area contributed by atoms with Crippen LogP contribution in [0.5, 0.6) is 0 Å². The molecule has 0 aromatic carbocycles. The number of ketones is 1. The van der Waals surface area contributed by atoms with E-state index in [9.17, 15) is 20.1 Å². The normalized spacial score (nSPS) is 55.0. The van der Waals surface area contributed by atoms with Crippen molar-refractivity contribution in [1.29, 1.82) is 0 Å². The van der Waals surface area contributed by atoms with Crippen LogP contribution in [0.3, 0.4) is 0 Å². The Morgan fingerprint density at radius 3 is 2.39 bits per heavy atom. The first kappa shape index (κ1) is 24.0. The Hall–Kier alpha value is -0.710. The van der Waals surface area contributed by atoms with Crippen molar-refractivity contribution in [3.05, 3.63) is 12.2 Å². The molecule has 4 saturated carbocycles. The van der Waals surface area contributed by atoms with E-state index in [0.29, 0.717) is 30.6 Å². The van der Waals surface area contributed by atoms with E-state index in [4.69, 9.17) is 0 Å². The summed E-state index contributed by atoms with van der Waals surface area (Å²) in [5.41, 5.74) is -2.57. The molecule has 4 nitrogen and oxygen atoms in total. The summed E-state index contributed by atoms with van der Waals surface area (Å²) in [5.74, 6) is 4.41. The van der Waals surface area contributed by atoms with Crippen molar-refractivity contribution in [2.45, 2.75) is 97.9 Å². The molecule has 4 fully saturated rings. The van der Waals surface area contributed by atoms with Crippen molar-refractivity contribution in [2.24, 2.45) is 64.1 Å². The number of carbonyl (C=O) groups is 1. The van der Waals surface area contributed by atoms with Crippen LogP contribution in [0.15, 0.2) is 12.2 Å². The molecule has 4 heteroatoms. The number of aliphatic hydroxyl groups excluding tert-OH is 2. The second kappa shape index (κ2) is 7.64. The van der Waals surface area contributed by atoms with Gasteiger partial charge in [-0.3, -0.25) is 4.79 Å². The van der Waals surface area contributed by atoms with Crippen LogP contribution < -0.4 is 0 Å². The first-order chi connectivity index (χ1) is 15.4. The van der Waals surface area contributed by atoms with E-state index in [2.05, 4.69) is 34.6 Å². The first-order valence-corrected chi connectivity index (χ1v) is 13.7. The second-order valence-corrected chi connectivity index (χ2v) is 13.6. The van der Waals surface area contributed by atoms with Crippen LogP contribution in [-0.2, 0) is 4.79 Å². The molecule has 0 spiro atoms. The summed E-state index contributed by atoms with van der Waals surface area (Å²) >= 11 is 0. The van der Waals surface area contributed by atoms with Gasteiger partial charge in [-0.1, -0.05) is 40.7 Å². The zero-order valence-electron chi connectivity index (χ0n) is 21.5. The van der Waals surface area contributed by atoms with E-state index in [1.807, 2.05) is 6.92 Å². The predicted octanol–water partition coefficient (Wildman–Crippen LogP) is 4.61. The maximum Gasteiger partial charge on any atom is 0.164 e. The fourth-order valence-electron chi connectivity index (χ4n) is 9.97. The molecule has 0 aromatic rings. The average Bonchev–Trinajstić information content (AvgIpc) is 3.45. The van der Waals surface area contributed by atoms with Crippen LogP contribution in [0.1, 0.15) is 80.1 Å². The van der Waals surface area contributed by atoms with Gasteiger partial charge in [0.05, 0.1) is 17.6 Å². The Bertz CT molecular complexity index is 835. The lowest BCUT2D eigenvalue weighted by atomic mass is 9.42. The molecular formula is C29H46O4. The molecule has 186 valence electrons. The van der Waals surface area contributed by atoms with Crippen molar-refractivity contribution in [3.8, 4) is 0 Å². The van der Waals surface area contributed by atoms with Crippen LogP contribution in [0.2, 0.25) is 0 Å². The molecule has 0 unspecified atom stereocenters. The number of allylic oxidation sites excluding steroid dienone is 1. The lowest BCUT2D eigenvalue weighted by Crippen LogP contribution is -2.71. The third-order valence-electron chi connectivity index (χ3n) is 12.3. The minimum absolute atomic E-state index is 0.0350. The van der Waals surface area contributed by atoms with Gasteiger partial charge in [0.2, 0.25) is 0 Å². The van der Waals surface area contributed by atoms with Crippen molar-refractivity contribution in [2.75, 3.05) is 0 Å². The maximum atomic E-state index is 13.2. The third-order valence-corrected chi connectivity index (χ3v) is 12.3. The number of aliphatic hydroxyl groups is 3. The van der Waals surface area contributed by atoms with Crippen molar-refractivity contribution in [1.82, 2.24) is 0 Å². The largest absolute Gasteiger partial charge is 0.393 e. The summed E-state index contributed by atoms with van der Waals surface area (Å²) in [7, 11) is 0. The van der Waals surface area contributed by atoms with Crippen LogP contribution in [0, 0.1) is 64.1 Å². The highest BCUT2D eigenvalue weighted by molar-refractivity contribution is 5.97. The van der Waals surface area contributed by atoms with E-state index in [1.54, 1.807) is 12.2 Å². The van der Waals surface area contributed by atoms with Crippen LogP contribution in [0.4, 0.5) is 0 Å². The van der Waals surface area contributed by atoms with Gasteiger partial charge < -0.3 is 15.3 Å². The number of rotatable bonds is 4. The Kier molecular flexibility index (Phi) is 5.56. The molecular weight excluding hydrogens is 412 g/mol. The highest BCUT2D eigenvalue weighted by atomic mass is 16.3. The average molecular weight is 459 g/mol. The lowest BCUT2D eigenvalue weighted by molar-refractivity contribution is -0.251. The summed E-state index contributed by atoms with van der Waals surface area (Å²) in [6, 6.07) is 0. The highest BCUT2D eigenvalue weighted by Crippen LogP contribution is 2.69. The Morgan fingerprint density at radius 2 is 1.73 bits per heavy atom. The Morgan fingerprint density at radius 1 is 1.03 bits per heavy atom. The molecule has 0 bridgehead atoms. The molecule has 0 heterocycles. The van der Waals surface area contributed by atoms with Gasteiger partial charge in [0.1, 0.15) is 5.60 Å². The number of carbonyl (C=O) groups excluding carboxylic acids is 1. The number of fused-ring (bicyclic) bond motifs is 5. The molecule has 0 saturated heterocycles. The van der Waals surface area contributed by atoms with E-state index in [-0.39, 0.29) is 29.5 Å². The van der Waals surface area contributed by atoms with Crippen LogP contribution >= 0.6 is 0 Å². The van der Waals surface area contributed by atoms with Crippen molar-refractivity contribution < 1.29 is 20.1 Å². The first-order valence-electron chi connectivity index (χ1n) is 13.7. The van der Waals surface area contributed by atoms with Gasteiger partial charge in [-0.25, -0.2) is 0 Å². The fourth-order valence-corrected chi connectivity index (χ4v) is 9.97. The molecule has 0 aromatic heterocycles. The second-order valence-electron chi connectivity index (χ2n) is 13.6. The molecule has 33 heavy (non-hydrogen) atoms. The minimum Gasteiger partial charge on any atom is -0.393 e. The molecule has 0 aliphatic heterocycles. The monoisotopic (exact) mass is 458 g/mol. The number of hydrogen-bond donors (Lipinski definition) is 3. The SMILES string of the molecule is CC(C)[C@@H](C)[C@H]1C[C@@H]1[C@@H](C)[C@H]1CC[C@H]2[C@@H]3C[C@@H](O)[C@@]4(O)CC=CC(=O)[C@]4(C)[C@H]3[C@H](O)C[C@]12C. The summed E-state index contributed by atoms with van der Waals surface area (Å²) in [5, 5.41) is 34.4. The minimum atomic E-state index is -1.48. The Balaban J connectivity index is 1.43. The van der Waals surface area contributed by atoms with Gasteiger partial charge in [0, 0.05) is 5.92 Å². The maximum absolute atomic E-state index is 13.2. The predicted molar refractivity (Wildman–Crippen MR) is 129 cm³/mol. The number of hydrogen-bond acceptors (Lipinski definition) is 4. The van der Waals surface area contributed by atoms with E-state index in [1.165, 1.54) is 12.8 Å². The van der Waals surface area contributed by atoms with Crippen molar-refractivity contribution >= 4 is 5.78 Å². The lowest BCUT2D eigenvalue weighted by Gasteiger charge is -2.64. The summed E-state index contributed by atoms with van der Waals surface area (Å²) < 4.78 is 0. The smallest absolute Gasteiger partial charge is 0.164 e. The van der Waals surface area contributed by atoms with E-state index in [0.717, 1.165) is 30.1 Å². The summed E-state index contributed by atoms with van der Waals surface area (Å²) in [4.78, 5) is 13.2. The summed E-state index contributed by atoms with van der Waals surface area (Å²) in [6.07, 6.45) is 6.86. The molecule has 3 N–H and O–H groups in total. The molecule has 5 rings (SSSR count). The van der Waals surface area contributed by atoms with Crippen molar-refractivity contribution in [3.63, 3.8) is 0 Å². The highest BCUT2D eigenvalue weighted by Gasteiger charge is 2.71. The van der Waals surface area contributed by atoms with E-state index >= 15 is 0 Å². The zero-order chi connectivity index (χ0) is 24.1. The third kappa shape index (κ3) is 3.08. The molecule has 0 radical (unpaired) electrons. The molecule has 5 aliphatic carbocycles. The van der Waals surface area contributed by atoms with Crippen LogP contribution in [-0.4, -0.2) is 38.9 Å². The zero-order valence-corrected chi connectivity index (χ0v) is 21.5. The van der Waals surface area contributed by atoms with Gasteiger partial charge >= 0.3 is 0 Å². The quantitative estimate of drug-likeness (QED) is 0.575. The van der Waals surface area contributed by atoms with Gasteiger partial charge in [-0.2, -0.15) is 0 Å². The van der Waals surface area contributed by atoms with Gasteiger partial charge in [0.25, 0.3) is 0 Å². The topological polar surface area (TPSA) is 77.8 Å². The molecule has 5 aliphatic rings. The summed E-state index contributed by atoms with van der Waals surface area (Å²) in [6.45, 7) is 13.8. The standard InChI is InChI=1S/C29H46O4/c1-15(2)16(3)18-12-19(18)17(4)21-9-10-22-20-13-25(32)29(33)11-7-8-24(31)28(29,6)26(20)23(30)14-27(21,22)5/h7-8,15-23,25-26,30,32-33H,9-14H2,1-6H3/t16-,17-,18-,19-,20+,21-,22+,23-,25-,26-,27-,28-,29+/m1/s1.